The summed E-state index contributed by atoms with van der Waals surface area (Å²) in [5.41, 5.74) is 4.13. The number of piperidine rings is 1. The van der Waals surface area contributed by atoms with E-state index in [2.05, 4.69) is 49.6 Å². The number of fused-ring (bicyclic) bond motifs is 4. The Morgan fingerprint density at radius 1 is 1.04 bits per heavy atom. The third kappa shape index (κ3) is 5.13. The van der Waals surface area contributed by atoms with Gasteiger partial charge in [0.05, 0.1) is 29.3 Å². The van der Waals surface area contributed by atoms with Gasteiger partial charge in [-0.2, -0.15) is 10.4 Å². The lowest BCUT2D eigenvalue weighted by Crippen LogP contribution is -2.52. The van der Waals surface area contributed by atoms with Gasteiger partial charge >= 0.3 is 0 Å². The zero-order chi connectivity index (χ0) is 34.7. The van der Waals surface area contributed by atoms with Crippen LogP contribution in [0.4, 0.5) is 11.4 Å². The Kier molecular flexibility index (Phi) is 7.19. The van der Waals surface area contributed by atoms with Gasteiger partial charge in [-0.25, -0.2) is 0 Å². The summed E-state index contributed by atoms with van der Waals surface area (Å²) in [5, 5.41) is 21.8. The molecule has 5 heterocycles. The third-order valence-corrected chi connectivity index (χ3v) is 9.95. The minimum atomic E-state index is -1.01. The van der Waals surface area contributed by atoms with Crippen LogP contribution in [0.5, 0.6) is 0 Å². The first-order valence-corrected chi connectivity index (χ1v) is 16.4. The summed E-state index contributed by atoms with van der Waals surface area (Å²) in [6.45, 7) is 5.39. The third-order valence-electron chi connectivity index (χ3n) is 9.95. The van der Waals surface area contributed by atoms with Gasteiger partial charge < -0.3 is 20.1 Å². The van der Waals surface area contributed by atoms with Gasteiger partial charge in [-0.1, -0.05) is 36.1 Å². The largest absolute Gasteiger partial charge is 0.369 e. The number of nitriles is 1. The molecule has 3 N–H and O–H groups in total. The van der Waals surface area contributed by atoms with Gasteiger partial charge in [-0.15, -0.1) is 0 Å². The quantitative estimate of drug-likeness (QED) is 0.189. The summed E-state index contributed by atoms with van der Waals surface area (Å²) in [7, 11) is 0. The summed E-state index contributed by atoms with van der Waals surface area (Å²) in [4.78, 5) is 57.7. The number of rotatable bonds is 5. The standard InChI is InChI=1S/C38H32N8O4/c1-38(2,37(50)42-30-11-9-24(16-39)26-5-3-4-6-27(26)30)46-20-22(17-40-46)7-8-23-18-44(19-23)25-10-12-31-28(15-25)29-21-45(36(49)34(29)41-31)32-13-14-33(47)43-35(32)48/h3-6,9-12,15,17,20,23,32,41H,13-14,18-19,21H2,1-2H3,(H,42,50)(H,43,47,48). The van der Waals surface area contributed by atoms with Gasteiger partial charge in [0.1, 0.15) is 17.3 Å². The molecule has 3 aliphatic rings. The van der Waals surface area contributed by atoms with E-state index in [0.717, 1.165) is 46.0 Å². The predicted molar refractivity (Wildman–Crippen MR) is 186 cm³/mol. The van der Waals surface area contributed by atoms with Crippen molar-refractivity contribution in [2.45, 2.75) is 44.8 Å². The predicted octanol–water partition coefficient (Wildman–Crippen LogP) is 4.01. The molecule has 0 spiro atoms. The number of hydrogen-bond donors (Lipinski definition) is 3. The summed E-state index contributed by atoms with van der Waals surface area (Å²) < 4.78 is 1.61. The first-order chi connectivity index (χ1) is 24.1. The molecule has 50 heavy (non-hydrogen) atoms. The fourth-order valence-corrected chi connectivity index (χ4v) is 6.94. The topological polar surface area (TPSA) is 156 Å². The van der Waals surface area contributed by atoms with E-state index in [1.807, 2.05) is 36.4 Å². The highest BCUT2D eigenvalue weighted by atomic mass is 16.2. The summed E-state index contributed by atoms with van der Waals surface area (Å²) in [6, 6.07) is 18.6. The summed E-state index contributed by atoms with van der Waals surface area (Å²) in [6.07, 6.45) is 3.98. The molecule has 3 aliphatic heterocycles. The van der Waals surface area contributed by atoms with Crippen LogP contribution in [0, 0.1) is 29.1 Å². The van der Waals surface area contributed by atoms with Gasteiger partial charge in [-0.3, -0.25) is 29.2 Å². The lowest BCUT2D eigenvalue weighted by Gasteiger charge is -2.38. The second-order valence-corrected chi connectivity index (χ2v) is 13.5. The van der Waals surface area contributed by atoms with E-state index in [0.29, 0.717) is 35.5 Å². The maximum atomic E-state index is 13.5. The SMILES string of the molecule is CC(C)(C(=O)Nc1ccc(C#N)c2ccccc12)n1cc(C#CC2CN(c3ccc4[nH]c5c(c4c3)CN(C3CCC(=O)NC3=O)C5=O)C2)cn1. The molecule has 0 radical (unpaired) electrons. The highest BCUT2D eigenvalue weighted by Gasteiger charge is 2.41. The Labute approximate surface area is 287 Å². The van der Waals surface area contributed by atoms with Crippen molar-refractivity contribution in [1.29, 1.82) is 5.26 Å². The number of nitrogens with zero attached hydrogens (tertiary/aromatic N) is 5. The van der Waals surface area contributed by atoms with Crippen LogP contribution in [-0.4, -0.2) is 62.4 Å². The van der Waals surface area contributed by atoms with E-state index in [4.69, 9.17) is 0 Å². The molecule has 0 bridgehead atoms. The number of aromatic nitrogens is 3. The smallest absolute Gasteiger partial charge is 0.271 e. The van der Waals surface area contributed by atoms with Crippen LogP contribution in [0.15, 0.2) is 67.0 Å². The lowest BCUT2D eigenvalue weighted by atomic mass is 9.99. The van der Waals surface area contributed by atoms with Gasteiger partial charge in [-0.05, 0) is 50.6 Å². The highest BCUT2D eigenvalue weighted by Crippen LogP contribution is 2.36. The first kappa shape index (κ1) is 30.9. The summed E-state index contributed by atoms with van der Waals surface area (Å²) >= 11 is 0. The maximum Gasteiger partial charge on any atom is 0.271 e. The molecule has 2 saturated heterocycles. The van der Waals surface area contributed by atoms with Crippen molar-refractivity contribution in [1.82, 2.24) is 25.0 Å². The Morgan fingerprint density at radius 2 is 1.84 bits per heavy atom. The van der Waals surface area contributed by atoms with Crippen LogP contribution >= 0.6 is 0 Å². The first-order valence-electron chi connectivity index (χ1n) is 16.4. The van der Waals surface area contributed by atoms with E-state index in [1.54, 1.807) is 48.0 Å². The Balaban J connectivity index is 0.917. The Morgan fingerprint density at radius 3 is 2.62 bits per heavy atom. The van der Waals surface area contributed by atoms with Crippen molar-refractivity contribution in [2.24, 2.45) is 5.92 Å². The summed E-state index contributed by atoms with van der Waals surface area (Å²) in [5.74, 6) is 5.51. The second kappa shape index (κ2) is 11.6. The fourth-order valence-electron chi connectivity index (χ4n) is 6.94. The number of benzene rings is 3. The zero-order valence-electron chi connectivity index (χ0n) is 27.4. The average molecular weight is 665 g/mol. The molecule has 3 aromatic carbocycles. The number of carbonyl (C=O) groups excluding carboxylic acids is 4. The van der Waals surface area contributed by atoms with Gasteiger partial charge in [0, 0.05) is 70.9 Å². The monoisotopic (exact) mass is 664 g/mol. The number of carbonyl (C=O) groups is 4. The Bertz CT molecular complexity index is 2380. The van der Waals surface area contributed by atoms with E-state index in [1.165, 1.54) is 0 Å². The molecule has 5 aromatic rings. The van der Waals surface area contributed by atoms with Gasteiger partial charge in [0.25, 0.3) is 11.8 Å². The van der Waals surface area contributed by atoms with Crippen molar-refractivity contribution in [3.05, 3.63) is 89.4 Å². The molecule has 12 heteroatoms. The minimum Gasteiger partial charge on any atom is -0.369 e. The second-order valence-electron chi connectivity index (χ2n) is 13.5. The number of amides is 4. The molecule has 12 nitrogen and oxygen atoms in total. The van der Waals surface area contributed by atoms with Crippen LogP contribution in [0.25, 0.3) is 21.7 Å². The molecule has 8 rings (SSSR count). The molecule has 248 valence electrons. The van der Waals surface area contributed by atoms with Gasteiger partial charge in [0.15, 0.2) is 0 Å². The minimum absolute atomic E-state index is 0.150. The molecule has 4 amide bonds. The fraction of sp³-hybridized carbons (Fsp3) is 0.263. The molecule has 2 aromatic heterocycles. The Hall–Kier alpha value is -6.40. The molecular formula is C38H32N8O4. The van der Waals surface area contributed by atoms with Crippen molar-refractivity contribution in [3.63, 3.8) is 0 Å². The molecule has 0 saturated carbocycles. The molecular weight excluding hydrogens is 632 g/mol. The number of nitrogens with one attached hydrogen (secondary N) is 3. The van der Waals surface area contributed by atoms with Crippen LogP contribution in [0.3, 0.4) is 0 Å². The number of hydrogen-bond acceptors (Lipinski definition) is 7. The van der Waals surface area contributed by atoms with Crippen molar-refractivity contribution in [2.75, 3.05) is 23.3 Å². The zero-order valence-corrected chi connectivity index (χ0v) is 27.4. The van der Waals surface area contributed by atoms with Crippen molar-refractivity contribution in [3.8, 4) is 17.9 Å². The van der Waals surface area contributed by atoms with Crippen molar-refractivity contribution < 1.29 is 19.2 Å². The molecule has 0 aliphatic carbocycles. The number of H-pyrrole nitrogens is 1. The van der Waals surface area contributed by atoms with Gasteiger partial charge in [0.2, 0.25) is 11.8 Å². The molecule has 1 unspecified atom stereocenters. The van der Waals surface area contributed by atoms with Crippen LogP contribution in [0.2, 0.25) is 0 Å². The van der Waals surface area contributed by atoms with Crippen molar-refractivity contribution >= 4 is 56.7 Å². The molecule has 1 atom stereocenters. The lowest BCUT2D eigenvalue weighted by molar-refractivity contribution is -0.137. The van der Waals surface area contributed by atoms with Crippen LogP contribution < -0.4 is 15.5 Å². The number of anilines is 2. The van der Waals surface area contributed by atoms with E-state index in [-0.39, 0.29) is 30.1 Å². The highest BCUT2D eigenvalue weighted by molar-refractivity contribution is 6.08. The van der Waals surface area contributed by atoms with E-state index < -0.39 is 17.5 Å². The van der Waals surface area contributed by atoms with Crippen LogP contribution in [-0.2, 0) is 26.5 Å². The molecule has 2 fully saturated rings. The number of aromatic amines is 1. The van der Waals surface area contributed by atoms with Crippen LogP contribution in [0.1, 0.15) is 53.9 Å². The normalized spacial score (nSPS) is 17.6. The maximum absolute atomic E-state index is 13.5. The number of imide groups is 1. The van der Waals surface area contributed by atoms with E-state index in [9.17, 15) is 24.4 Å². The van der Waals surface area contributed by atoms with E-state index >= 15 is 0 Å². The average Bonchev–Trinajstić information content (AvgIpc) is 3.80.